The van der Waals surface area contributed by atoms with Crippen LogP contribution in [0.15, 0.2) is 28.8 Å². The molecule has 1 heterocycles. The number of aliphatic imine (C=N–C) groups is 1. The predicted molar refractivity (Wildman–Crippen MR) is 139 cm³/mol. The lowest BCUT2D eigenvalue weighted by molar-refractivity contribution is -0.149. The molecule has 1 atom stereocenters. The summed E-state index contributed by atoms with van der Waals surface area (Å²) in [5.74, 6) is -1.10. The van der Waals surface area contributed by atoms with E-state index in [2.05, 4.69) is 22.1 Å². The van der Waals surface area contributed by atoms with Gasteiger partial charge in [-0.15, -0.1) is 0 Å². The predicted octanol–water partition coefficient (Wildman–Crippen LogP) is 4.89. The lowest BCUT2D eigenvalue weighted by Gasteiger charge is -2.38. The van der Waals surface area contributed by atoms with Gasteiger partial charge in [-0.2, -0.15) is 0 Å². The molecule has 7 nitrogen and oxygen atoms in total. The highest BCUT2D eigenvalue weighted by atomic mass is 35.5. The Morgan fingerprint density at radius 3 is 2.43 bits per heavy atom. The van der Waals surface area contributed by atoms with Gasteiger partial charge < -0.3 is 15.0 Å². The van der Waals surface area contributed by atoms with Gasteiger partial charge in [-0.3, -0.25) is 14.4 Å². The molecule has 0 saturated heterocycles. The fraction of sp³-hybridized carbons (Fsp3) is 0.556. The smallest absolute Gasteiger partial charge is 0.308 e. The van der Waals surface area contributed by atoms with E-state index in [1.165, 1.54) is 0 Å². The Kier molecular flexibility index (Phi) is 9.11. The fourth-order valence-corrected chi connectivity index (χ4v) is 5.37. The van der Waals surface area contributed by atoms with Gasteiger partial charge in [-0.1, -0.05) is 17.2 Å². The number of nitrogens with one attached hydrogen (secondary N) is 1. The van der Waals surface area contributed by atoms with Gasteiger partial charge in [-0.25, -0.2) is 4.99 Å². The number of allylic oxidation sites excluding steroid dienone is 1. The van der Waals surface area contributed by atoms with E-state index in [1.807, 2.05) is 32.9 Å². The van der Waals surface area contributed by atoms with Crippen molar-refractivity contribution in [2.45, 2.75) is 66.3 Å². The van der Waals surface area contributed by atoms with Gasteiger partial charge in [0.15, 0.2) is 0 Å². The minimum atomic E-state index is -0.455. The summed E-state index contributed by atoms with van der Waals surface area (Å²) in [6.45, 7) is 10.9. The number of nitrogens with zero attached hydrogens (tertiary/aromatic N) is 2. The number of ether oxygens (including phenoxy) is 1. The Morgan fingerprint density at radius 2 is 1.83 bits per heavy atom. The second-order valence-corrected chi connectivity index (χ2v) is 9.82. The summed E-state index contributed by atoms with van der Waals surface area (Å²) < 4.78 is 5.20. The van der Waals surface area contributed by atoms with Gasteiger partial charge in [0.25, 0.3) is 11.8 Å². The van der Waals surface area contributed by atoms with Crippen molar-refractivity contribution in [2.24, 2.45) is 16.8 Å². The number of hydrogen-bond acceptors (Lipinski definition) is 5. The third kappa shape index (κ3) is 6.31. The van der Waals surface area contributed by atoms with Crippen LogP contribution in [0.3, 0.4) is 0 Å². The first-order valence-electron chi connectivity index (χ1n) is 12.4. The molecule has 0 spiro atoms. The average molecular weight is 502 g/mol. The number of carbonyl (C=O) groups is 3. The van der Waals surface area contributed by atoms with Crippen molar-refractivity contribution in [3.8, 4) is 0 Å². The third-order valence-corrected chi connectivity index (χ3v) is 7.25. The molecule has 1 unspecified atom stereocenters. The van der Waals surface area contributed by atoms with Gasteiger partial charge >= 0.3 is 5.97 Å². The normalized spacial score (nSPS) is 22.2. The number of amides is 2. The van der Waals surface area contributed by atoms with Crippen LogP contribution in [0.2, 0.25) is 5.02 Å². The highest BCUT2D eigenvalue weighted by Gasteiger charge is 2.31. The molecular weight excluding hydrogens is 466 g/mol. The molecule has 0 radical (unpaired) electrons. The number of rotatable bonds is 8. The zero-order valence-corrected chi connectivity index (χ0v) is 22.1. The van der Waals surface area contributed by atoms with E-state index in [-0.39, 0.29) is 36.3 Å². The summed E-state index contributed by atoms with van der Waals surface area (Å²) in [4.78, 5) is 43.9. The molecular formula is C27H36ClN3O4. The molecule has 1 aromatic carbocycles. The van der Waals surface area contributed by atoms with Crippen molar-refractivity contribution in [1.29, 1.82) is 0 Å². The molecule has 1 aliphatic heterocycles. The third-order valence-electron chi connectivity index (χ3n) is 7.03. The maximum Gasteiger partial charge on any atom is 0.308 e. The topological polar surface area (TPSA) is 88.1 Å². The van der Waals surface area contributed by atoms with Crippen LogP contribution in [-0.4, -0.2) is 49.2 Å². The first kappa shape index (κ1) is 26.9. The molecule has 3 rings (SSSR count). The van der Waals surface area contributed by atoms with Crippen molar-refractivity contribution >= 4 is 40.8 Å². The Hall–Kier alpha value is -2.67. The summed E-state index contributed by atoms with van der Waals surface area (Å²) in [5, 5.41) is 3.39. The van der Waals surface area contributed by atoms with Gasteiger partial charge in [0.05, 0.1) is 18.4 Å². The molecule has 35 heavy (non-hydrogen) atoms. The number of benzene rings is 1. The number of dihydropyridines is 1. The molecule has 2 amide bonds. The van der Waals surface area contributed by atoms with Crippen LogP contribution in [0.5, 0.6) is 0 Å². The molecule has 1 fully saturated rings. The van der Waals surface area contributed by atoms with E-state index in [1.54, 1.807) is 13.0 Å². The van der Waals surface area contributed by atoms with Crippen molar-refractivity contribution in [3.05, 3.63) is 39.9 Å². The average Bonchev–Trinajstić information content (AvgIpc) is 2.81. The van der Waals surface area contributed by atoms with Gasteiger partial charge in [-0.05, 0) is 84.1 Å². The molecule has 1 saturated carbocycles. The molecule has 1 aliphatic carbocycles. The monoisotopic (exact) mass is 501 g/mol. The summed E-state index contributed by atoms with van der Waals surface area (Å²) in [5.41, 5.74) is 3.84. The van der Waals surface area contributed by atoms with E-state index >= 15 is 0 Å². The van der Waals surface area contributed by atoms with Crippen LogP contribution < -0.4 is 10.2 Å². The van der Waals surface area contributed by atoms with Gasteiger partial charge in [0, 0.05) is 41.1 Å². The maximum absolute atomic E-state index is 13.2. The van der Waals surface area contributed by atoms with Crippen LogP contribution in [0.1, 0.15) is 69.3 Å². The zero-order chi connectivity index (χ0) is 25.7. The quantitative estimate of drug-likeness (QED) is 0.512. The molecule has 1 N–H and O–H groups in total. The standard InChI is InChI=1S/C27H36ClN3O4/c1-6-31(21-10-8-19(9-11-21)27(34)35-7-2)24-14-20(28)13-22(18(24)5)25(32)29-15-23-16(3)12-17(4)30-26(23)33/h12-14,19,21,23H,6-11,15H2,1-5H3,(H,29,32). The zero-order valence-electron chi connectivity index (χ0n) is 21.3. The van der Waals surface area contributed by atoms with Crippen molar-refractivity contribution in [1.82, 2.24) is 5.32 Å². The molecule has 0 aromatic heterocycles. The number of esters is 1. The highest BCUT2D eigenvalue weighted by Crippen LogP contribution is 2.35. The fourth-order valence-electron chi connectivity index (χ4n) is 5.15. The maximum atomic E-state index is 13.2. The molecule has 190 valence electrons. The van der Waals surface area contributed by atoms with E-state index < -0.39 is 5.92 Å². The summed E-state index contributed by atoms with van der Waals surface area (Å²) in [7, 11) is 0. The van der Waals surface area contributed by atoms with Crippen LogP contribution >= 0.6 is 11.6 Å². The summed E-state index contributed by atoms with van der Waals surface area (Å²) >= 11 is 6.47. The highest BCUT2D eigenvalue weighted by molar-refractivity contribution is 6.31. The van der Waals surface area contributed by atoms with Crippen LogP contribution in [0.25, 0.3) is 0 Å². The second-order valence-electron chi connectivity index (χ2n) is 9.38. The Morgan fingerprint density at radius 1 is 1.14 bits per heavy atom. The Bertz CT molecular complexity index is 1040. The van der Waals surface area contributed by atoms with E-state index in [4.69, 9.17) is 16.3 Å². The molecule has 8 heteroatoms. The van der Waals surface area contributed by atoms with Gasteiger partial charge in [0.2, 0.25) is 0 Å². The van der Waals surface area contributed by atoms with Crippen LogP contribution in [0, 0.1) is 18.8 Å². The molecule has 1 aromatic rings. The van der Waals surface area contributed by atoms with Crippen LogP contribution in [-0.2, 0) is 14.3 Å². The molecule has 0 bridgehead atoms. The summed E-state index contributed by atoms with van der Waals surface area (Å²) in [6, 6.07) is 3.84. The first-order chi connectivity index (χ1) is 16.7. The number of carbonyl (C=O) groups excluding carboxylic acids is 3. The molecule has 2 aliphatic rings. The minimum absolute atomic E-state index is 0.0418. The van der Waals surface area contributed by atoms with Crippen LogP contribution in [0.4, 0.5) is 5.69 Å². The summed E-state index contributed by atoms with van der Waals surface area (Å²) in [6.07, 6.45) is 5.20. The lowest BCUT2D eigenvalue weighted by Crippen LogP contribution is -2.40. The Labute approximate surface area is 213 Å². The minimum Gasteiger partial charge on any atom is -0.466 e. The van der Waals surface area contributed by atoms with Crippen molar-refractivity contribution < 1.29 is 19.1 Å². The number of halogens is 1. The van der Waals surface area contributed by atoms with E-state index in [0.29, 0.717) is 22.9 Å². The van der Waals surface area contributed by atoms with E-state index in [0.717, 1.165) is 49.1 Å². The van der Waals surface area contributed by atoms with Crippen molar-refractivity contribution in [3.63, 3.8) is 0 Å². The Balaban J connectivity index is 1.74. The number of anilines is 1. The SMILES string of the molecule is CCOC(=O)C1CCC(N(CC)c2cc(Cl)cc(C(=O)NCC3C(=O)N=C(C)C=C3C)c2C)CC1. The van der Waals surface area contributed by atoms with E-state index in [9.17, 15) is 14.4 Å². The van der Waals surface area contributed by atoms with Crippen molar-refractivity contribution in [2.75, 3.05) is 24.6 Å². The lowest BCUT2D eigenvalue weighted by atomic mass is 9.85. The number of hydrogen-bond donors (Lipinski definition) is 1. The second kappa shape index (κ2) is 11.8. The largest absolute Gasteiger partial charge is 0.466 e. The first-order valence-corrected chi connectivity index (χ1v) is 12.8. The van der Waals surface area contributed by atoms with Gasteiger partial charge in [0.1, 0.15) is 0 Å².